The van der Waals surface area contributed by atoms with Gasteiger partial charge in [-0.1, -0.05) is 17.7 Å². The molecule has 0 spiro atoms. The summed E-state index contributed by atoms with van der Waals surface area (Å²) in [6.45, 7) is 6.89. The largest absolute Gasteiger partial charge is 0.478 e. The van der Waals surface area contributed by atoms with E-state index in [0.717, 1.165) is 5.56 Å². The van der Waals surface area contributed by atoms with Crippen LogP contribution in [0.1, 0.15) is 26.3 Å². The van der Waals surface area contributed by atoms with Crippen LogP contribution in [0.5, 0.6) is 5.75 Å². The van der Waals surface area contributed by atoms with Crippen molar-refractivity contribution in [2.45, 2.75) is 32.9 Å². The van der Waals surface area contributed by atoms with Gasteiger partial charge < -0.3 is 10.1 Å². The number of nitrogens with zero attached hydrogens (tertiary/aromatic N) is 1. The maximum Gasteiger partial charge on any atom is 0.174 e. The van der Waals surface area contributed by atoms with Crippen LogP contribution < -0.4 is 10.1 Å². The summed E-state index contributed by atoms with van der Waals surface area (Å²) >= 11 is 6.13. The van der Waals surface area contributed by atoms with Gasteiger partial charge in [0.15, 0.2) is 6.61 Å². The standard InChI is InChI=1S/C13H17ClN2O/c1-13(2,3)16-9-10-11(14)5-4-6-12(10)17-8-7-15/h4-6,16H,8-9H2,1-3H3. The zero-order valence-corrected chi connectivity index (χ0v) is 11.1. The van der Waals surface area contributed by atoms with Crippen molar-refractivity contribution >= 4 is 11.6 Å². The first-order valence-electron chi connectivity index (χ1n) is 5.46. The lowest BCUT2D eigenvalue weighted by Gasteiger charge is -2.22. The maximum atomic E-state index is 8.52. The quantitative estimate of drug-likeness (QED) is 0.896. The highest BCUT2D eigenvalue weighted by Crippen LogP contribution is 2.26. The average Bonchev–Trinajstić information content (AvgIpc) is 2.23. The van der Waals surface area contributed by atoms with E-state index in [1.54, 1.807) is 0 Å². The molecule has 4 heteroatoms. The number of hydrogen-bond donors (Lipinski definition) is 1. The van der Waals surface area contributed by atoms with E-state index in [4.69, 9.17) is 21.6 Å². The third-order valence-corrected chi connectivity index (χ3v) is 2.52. The topological polar surface area (TPSA) is 45.0 Å². The van der Waals surface area contributed by atoms with E-state index < -0.39 is 0 Å². The van der Waals surface area contributed by atoms with Crippen molar-refractivity contribution in [1.29, 1.82) is 5.26 Å². The second kappa shape index (κ2) is 5.90. The van der Waals surface area contributed by atoms with Gasteiger partial charge in [-0.25, -0.2) is 0 Å². The minimum Gasteiger partial charge on any atom is -0.478 e. The fourth-order valence-electron chi connectivity index (χ4n) is 1.31. The summed E-state index contributed by atoms with van der Waals surface area (Å²) in [6, 6.07) is 7.41. The molecule has 92 valence electrons. The van der Waals surface area contributed by atoms with Gasteiger partial charge in [-0.3, -0.25) is 0 Å². The van der Waals surface area contributed by atoms with Gasteiger partial charge in [-0.2, -0.15) is 5.26 Å². The van der Waals surface area contributed by atoms with Gasteiger partial charge in [-0.05, 0) is 32.9 Å². The molecule has 1 aromatic rings. The first-order valence-corrected chi connectivity index (χ1v) is 5.84. The molecular weight excluding hydrogens is 236 g/mol. The summed E-state index contributed by atoms with van der Waals surface area (Å²) in [5, 5.41) is 12.5. The van der Waals surface area contributed by atoms with Crippen LogP contribution in [0.3, 0.4) is 0 Å². The number of halogens is 1. The molecule has 0 unspecified atom stereocenters. The average molecular weight is 253 g/mol. The Morgan fingerprint density at radius 1 is 1.41 bits per heavy atom. The number of ether oxygens (including phenoxy) is 1. The van der Waals surface area contributed by atoms with Gasteiger partial charge in [-0.15, -0.1) is 0 Å². The highest BCUT2D eigenvalue weighted by atomic mass is 35.5. The van der Waals surface area contributed by atoms with Crippen LogP contribution in [-0.2, 0) is 6.54 Å². The molecule has 0 aliphatic carbocycles. The smallest absolute Gasteiger partial charge is 0.174 e. The molecule has 17 heavy (non-hydrogen) atoms. The van der Waals surface area contributed by atoms with Crippen molar-refractivity contribution in [3.05, 3.63) is 28.8 Å². The first-order chi connectivity index (χ1) is 7.94. The Balaban J connectivity index is 2.84. The van der Waals surface area contributed by atoms with Crippen LogP contribution >= 0.6 is 11.6 Å². The van der Waals surface area contributed by atoms with E-state index >= 15 is 0 Å². The Morgan fingerprint density at radius 3 is 2.71 bits per heavy atom. The van der Waals surface area contributed by atoms with Crippen molar-refractivity contribution in [3.63, 3.8) is 0 Å². The molecule has 0 bridgehead atoms. The lowest BCUT2D eigenvalue weighted by molar-refractivity contribution is 0.357. The van der Waals surface area contributed by atoms with Crippen LogP contribution in [0.4, 0.5) is 0 Å². The molecule has 0 fully saturated rings. The van der Waals surface area contributed by atoms with Crippen LogP contribution in [0, 0.1) is 11.3 Å². The zero-order chi connectivity index (χ0) is 12.9. The summed E-state index contributed by atoms with van der Waals surface area (Å²) in [6.07, 6.45) is 0. The van der Waals surface area contributed by atoms with Gasteiger partial charge in [0, 0.05) is 22.7 Å². The maximum absolute atomic E-state index is 8.52. The van der Waals surface area contributed by atoms with Crippen LogP contribution in [0.15, 0.2) is 18.2 Å². The Bertz CT molecular complexity index is 418. The molecule has 1 N–H and O–H groups in total. The normalized spacial score (nSPS) is 11.0. The third kappa shape index (κ3) is 4.64. The van der Waals surface area contributed by atoms with Gasteiger partial charge in [0.05, 0.1) is 0 Å². The summed E-state index contributed by atoms with van der Waals surface area (Å²) in [7, 11) is 0. The Kier molecular flexibility index (Phi) is 4.80. The highest BCUT2D eigenvalue weighted by molar-refractivity contribution is 6.31. The van der Waals surface area contributed by atoms with Crippen molar-refractivity contribution in [1.82, 2.24) is 5.32 Å². The van der Waals surface area contributed by atoms with E-state index in [9.17, 15) is 0 Å². The summed E-state index contributed by atoms with van der Waals surface area (Å²) < 4.78 is 5.35. The molecule has 1 rings (SSSR count). The van der Waals surface area contributed by atoms with Crippen LogP contribution in [0.25, 0.3) is 0 Å². The molecule has 3 nitrogen and oxygen atoms in total. The van der Waals surface area contributed by atoms with Gasteiger partial charge in [0.25, 0.3) is 0 Å². The van der Waals surface area contributed by atoms with E-state index in [-0.39, 0.29) is 12.1 Å². The molecule has 0 aliphatic heterocycles. The van der Waals surface area contributed by atoms with Gasteiger partial charge in [0.1, 0.15) is 11.8 Å². The van der Waals surface area contributed by atoms with Crippen LogP contribution in [0.2, 0.25) is 5.02 Å². The molecule has 0 amide bonds. The monoisotopic (exact) mass is 252 g/mol. The second-order valence-corrected chi connectivity index (χ2v) is 5.17. The third-order valence-electron chi connectivity index (χ3n) is 2.16. The molecule has 0 saturated carbocycles. The van der Waals surface area contributed by atoms with E-state index in [1.807, 2.05) is 24.3 Å². The Labute approximate surface area is 107 Å². The van der Waals surface area contributed by atoms with Crippen molar-refractivity contribution in [2.75, 3.05) is 6.61 Å². The summed E-state index contributed by atoms with van der Waals surface area (Å²) in [5.41, 5.74) is 0.894. The van der Waals surface area contributed by atoms with Crippen LogP contribution in [-0.4, -0.2) is 12.1 Å². The predicted octanol–water partition coefficient (Wildman–Crippen LogP) is 3.13. The molecule has 0 radical (unpaired) electrons. The molecule has 0 aromatic heterocycles. The summed E-state index contributed by atoms with van der Waals surface area (Å²) in [4.78, 5) is 0. The SMILES string of the molecule is CC(C)(C)NCc1c(Cl)cccc1OCC#N. The minimum atomic E-state index is 0.00562. The zero-order valence-electron chi connectivity index (χ0n) is 10.4. The number of benzene rings is 1. The fourth-order valence-corrected chi connectivity index (χ4v) is 1.54. The molecule has 0 aliphatic rings. The molecule has 0 atom stereocenters. The molecular formula is C13H17ClN2O. The van der Waals surface area contributed by atoms with Crippen molar-refractivity contribution < 1.29 is 4.74 Å². The van der Waals surface area contributed by atoms with Crippen molar-refractivity contribution in [3.8, 4) is 11.8 Å². The lowest BCUT2D eigenvalue weighted by atomic mass is 10.1. The molecule has 0 saturated heterocycles. The van der Waals surface area contributed by atoms with Gasteiger partial charge in [0.2, 0.25) is 0 Å². The molecule has 1 aromatic carbocycles. The number of rotatable bonds is 4. The highest BCUT2D eigenvalue weighted by Gasteiger charge is 2.13. The number of hydrogen-bond acceptors (Lipinski definition) is 3. The summed E-state index contributed by atoms with van der Waals surface area (Å²) in [5.74, 6) is 0.663. The Morgan fingerprint density at radius 2 is 2.12 bits per heavy atom. The number of nitriles is 1. The lowest BCUT2D eigenvalue weighted by Crippen LogP contribution is -2.35. The minimum absolute atomic E-state index is 0.00562. The number of nitrogens with one attached hydrogen (secondary N) is 1. The molecule has 0 heterocycles. The first kappa shape index (κ1) is 13.8. The van der Waals surface area contributed by atoms with Gasteiger partial charge >= 0.3 is 0 Å². The fraction of sp³-hybridized carbons (Fsp3) is 0.462. The van der Waals surface area contributed by atoms with E-state index in [2.05, 4.69) is 26.1 Å². The Hall–Kier alpha value is -1.24. The van der Waals surface area contributed by atoms with E-state index in [0.29, 0.717) is 17.3 Å². The van der Waals surface area contributed by atoms with Crippen molar-refractivity contribution in [2.24, 2.45) is 0 Å². The predicted molar refractivity (Wildman–Crippen MR) is 69.2 cm³/mol. The van der Waals surface area contributed by atoms with E-state index in [1.165, 1.54) is 0 Å². The second-order valence-electron chi connectivity index (χ2n) is 4.77.